The third-order valence-electron chi connectivity index (χ3n) is 2.76. The Bertz CT molecular complexity index is 669. The molecule has 0 saturated carbocycles. The van der Waals surface area contributed by atoms with E-state index in [1.807, 2.05) is 0 Å². The fourth-order valence-electron chi connectivity index (χ4n) is 1.71. The molecule has 0 bridgehead atoms. The van der Waals surface area contributed by atoms with Crippen molar-refractivity contribution in [1.29, 1.82) is 0 Å². The lowest BCUT2D eigenvalue weighted by Crippen LogP contribution is -2.20. The van der Waals surface area contributed by atoms with Gasteiger partial charge in [0, 0.05) is 31.1 Å². The molecule has 2 rings (SSSR count). The summed E-state index contributed by atoms with van der Waals surface area (Å²) in [5.74, 6) is -0.315. The molecular formula is C15H13N3O3. The summed E-state index contributed by atoms with van der Waals surface area (Å²) < 4.78 is 0. The molecule has 0 unspecified atom stereocenters. The normalized spacial score (nSPS) is 10.5. The molecule has 0 aliphatic rings. The van der Waals surface area contributed by atoms with Crippen LogP contribution in [-0.2, 0) is 11.3 Å². The zero-order chi connectivity index (χ0) is 15.1. The quantitative estimate of drug-likeness (QED) is 0.518. The minimum atomic E-state index is -0.478. The number of para-hydroxylation sites is 1. The molecule has 1 amide bonds. The van der Waals surface area contributed by atoms with Gasteiger partial charge < -0.3 is 5.32 Å². The van der Waals surface area contributed by atoms with E-state index < -0.39 is 4.92 Å². The Kier molecular flexibility index (Phi) is 4.76. The zero-order valence-corrected chi connectivity index (χ0v) is 11.1. The summed E-state index contributed by atoms with van der Waals surface area (Å²) in [6.45, 7) is 0.378. The average molecular weight is 283 g/mol. The first-order valence-corrected chi connectivity index (χ1v) is 6.25. The van der Waals surface area contributed by atoms with Crippen molar-refractivity contribution >= 4 is 17.7 Å². The lowest BCUT2D eigenvalue weighted by Gasteiger charge is -2.01. The second kappa shape index (κ2) is 6.95. The van der Waals surface area contributed by atoms with Crippen molar-refractivity contribution in [2.75, 3.05) is 0 Å². The maximum absolute atomic E-state index is 11.7. The highest BCUT2D eigenvalue weighted by molar-refractivity contribution is 5.92. The third kappa shape index (κ3) is 4.24. The van der Waals surface area contributed by atoms with Crippen LogP contribution in [0.5, 0.6) is 0 Å². The zero-order valence-electron chi connectivity index (χ0n) is 11.1. The molecule has 1 N–H and O–H groups in total. The van der Waals surface area contributed by atoms with E-state index in [0.29, 0.717) is 12.1 Å². The van der Waals surface area contributed by atoms with Gasteiger partial charge >= 0.3 is 0 Å². The van der Waals surface area contributed by atoms with Gasteiger partial charge in [0.25, 0.3) is 5.69 Å². The summed E-state index contributed by atoms with van der Waals surface area (Å²) >= 11 is 0. The van der Waals surface area contributed by atoms with E-state index in [2.05, 4.69) is 10.3 Å². The molecule has 106 valence electrons. The van der Waals surface area contributed by atoms with Crippen LogP contribution in [0.1, 0.15) is 11.1 Å². The van der Waals surface area contributed by atoms with Crippen molar-refractivity contribution in [3.05, 3.63) is 76.1 Å². The van der Waals surface area contributed by atoms with Crippen molar-refractivity contribution in [2.45, 2.75) is 6.54 Å². The van der Waals surface area contributed by atoms with Crippen LogP contribution in [0.15, 0.2) is 54.9 Å². The number of nitrogens with one attached hydrogen (secondary N) is 1. The van der Waals surface area contributed by atoms with E-state index in [1.54, 1.807) is 42.7 Å². The van der Waals surface area contributed by atoms with Crippen molar-refractivity contribution in [3.63, 3.8) is 0 Å². The average Bonchev–Trinajstić information content (AvgIpc) is 2.52. The number of carbonyl (C=O) groups excluding carboxylic acids is 1. The van der Waals surface area contributed by atoms with Gasteiger partial charge in [0.1, 0.15) is 0 Å². The van der Waals surface area contributed by atoms with E-state index in [1.165, 1.54) is 18.2 Å². The fraction of sp³-hybridized carbons (Fsp3) is 0.0667. The second-order valence-electron chi connectivity index (χ2n) is 4.22. The van der Waals surface area contributed by atoms with Gasteiger partial charge in [-0.1, -0.05) is 12.1 Å². The summed E-state index contributed by atoms with van der Waals surface area (Å²) in [4.78, 5) is 25.9. The van der Waals surface area contributed by atoms with Crippen LogP contribution in [0, 0.1) is 10.1 Å². The van der Waals surface area contributed by atoms with Crippen molar-refractivity contribution < 1.29 is 9.72 Å². The van der Waals surface area contributed by atoms with Crippen LogP contribution in [0.4, 0.5) is 5.69 Å². The molecule has 0 aliphatic heterocycles. The number of amides is 1. The van der Waals surface area contributed by atoms with E-state index in [-0.39, 0.29) is 11.6 Å². The number of nitrogens with zero attached hydrogens (tertiary/aromatic N) is 2. The van der Waals surface area contributed by atoms with E-state index >= 15 is 0 Å². The number of carbonyl (C=O) groups is 1. The topological polar surface area (TPSA) is 85.1 Å². The third-order valence-corrected chi connectivity index (χ3v) is 2.76. The number of nitro groups is 1. The first kappa shape index (κ1) is 14.4. The van der Waals surface area contributed by atoms with Gasteiger partial charge in [-0.2, -0.15) is 0 Å². The summed E-state index contributed by atoms with van der Waals surface area (Å²) in [6, 6.07) is 9.85. The monoisotopic (exact) mass is 283 g/mol. The molecule has 1 heterocycles. The smallest absolute Gasteiger partial charge is 0.276 e. The molecule has 0 aliphatic carbocycles. The molecule has 0 fully saturated rings. The van der Waals surface area contributed by atoms with Gasteiger partial charge in [0.2, 0.25) is 5.91 Å². The first-order valence-electron chi connectivity index (χ1n) is 6.25. The van der Waals surface area contributed by atoms with E-state index in [0.717, 1.165) is 5.56 Å². The van der Waals surface area contributed by atoms with E-state index in [9.17, 15) is 14.9 Å². The highest BCUT2D eigenvalue weighted by Crippen LogP contribution is 2.18. The van der Waals surface area contributed by atoms with Gasteiger partial charge in [0.05, 0.1) is 10.5 Å². The molecule has 0 radical (unpaired) electrons. The molecular weight excluding hydrogens is 270 g/mol. The molecule has 21 heavy (non-hydrogen) atoms. The maximum Gasteiger partial charge on any atom is 0.276 e. The van der Waals surface area contributed by atoms with Crippen LogP contribution in [-0.4, -0.2) is 15.8 Å². The lowest BCUT2D eigenvalue weighted by molar-refractivity contribution is -0.385. The summed E-state index contributed by atoms with van der Waals surface area (Å²) in [6.07, 6.45) is 6.00. The summed E-state index contributed by atoms with van der Waals surface area (Å²) in [5, 5.41) is 13.5. The van der Waals surface area contributed by atoms with Crippen LogP contribution in [0.25, 0.3) is 6.08 Å². The van der Waals surface area contributed by atoms with Gasteiger partial charge in [-0.15, -0.1) is 0 Å². The highest BCUT2D eigenvalue weighted by Gasteiger charge is 2.09. The Balaban J connectivity index is 1.98. The second-order valence-corrected chi connectivity index (χ2v) is 4.22. The van der Waals surface area contributed by atoms with Gasteiger partial charge in [0.15, 0.2) is 0 Å². The SMILES string of the molecule is O=C(/C=C/c1ccccc1[N+](=O)[O-])NCc1ccncc1. The molecule has 6 nitrogen and oxygen atoms in total. The molecule has 2 aromatic rings. The molecule has 0 spiro atoms. The molecule has 1 aromatic carbocycles. The predicted molar refractivity (Wildman–Crippen MR) is 78.2 cm³/mol. The molecule has 0 saturated heterocycles. The van der Waals surface area contributed by atoms with Gasteiger partial charge in [-0.3, -0.25) is 19.9 Å². The van der Waals surface area contributed by atoms with Crippen molar-refractivity contribution in [2.24, 2.45) is 0 Å². The Morgan fingerprint density at radius 1 is 1.24 bits per heavy atom. The van der Waals surface area contributed by atoms with Crippen molar-refractivity contribution in [3.8, 4) is 0 Å². The number of aromatic nitrogens is 1. The number of benzene rings is 1. The minimum Gasteiger partial charge on any atom is -0.348 e. The Labute approximate surface area is 121 Å². The van der Waals surface area contributed by atoms with Crippen LogP contribution in [0.3, 0.4) is 0 Å². The van der Waals surface area contributed by atoms with Crippen LogP contribution >= 0.6 is 0 Å². The largest absolute Gasteiger partial charge is 0.348 e. The van der Waals surface area contributed by atoms with Crippen molar-refractivity contribution in [1.82, 2.24) is 10.3 Å². The highest BCUT2D eigenvalue weighted by atomic mass is 16.6. The van der Waals surface area contributed by atoms with Crippen LogP contribution < -0.4 is 5.32 Å². The summed E-state index contributed by atoms with van der Waals surface area (Å²) in [7, 11) is 0. The van der Waals surface area contributed by atoms with Crippen LogP contribution in [0.2, 0.25) is 0 Å². The number of nitro benzene ring substituents is 1. The summed E-state index contributed by atoms with van der Waals surface area (Å²) in [5.41, 5.74) is 1.29. The predicted octanol–water partition coefficient (Wildman–Crippen LogP) is 2.32. The number of hydrogen-bond donors (Lipinski definition) is 1. The number of pyridine rings is 1. The van der Waals surface area contributed by atoms with Gasteiger partial charge in [-0.25, -0.2) is 0 Å². The molecule has 0 atom stereocenters. The van der Waals surface area contributed by atoms with Gasteiger partial charge in [-0.05, 0) is 29.8 Å². The maximum atomic E-state index is 11.7. The fourth-order valence-corrected chi connectivity index (χ4v) is 1.71. The Morgan fingerprint density at radius 3 is 2.67 bits per heavy atom. The first-order chi connectivity index (χ1) is 10.2. The lowest BCUT2D eigenvalue weighted by atomic mass is 10.1. The number of rotatable bonds is 5. The Hall–Kier alpha value is -3.02. The number of hydrogen-bond acceptors (Lipinski definition) is 4. The minimum absolute atomic E-state index is 0.0318. The molecule has 6 heteroatoms. The molecule has 1 aromatic heterocycles. The standard InChI is InChI=1S/C15H13N3O3/c19-15(17-11-12-7-9-16-10-8-12)6-5-13-3-1-2-4-14(13)18(20)21/h1-10H,11H2,(H,17,19)/b6-5+. The van der Waals surface area contributed by atoms with E-state index in [4.69, 9.17) is 0 Å². The Morgan fingerprint density at radius 2 is 1.95 bits per heavy atom.